The van der Waals surface area contributed by atoms with Crippen LogP contribution in [0.5, 0.6) is 11.5 Å². The number of ether oxygens (including phenoxy) is 3. The molecule has 38 heavy (non-hydrogen) atoms. The number of thioether (sulfide) groups is 1. The second-order valence-electron chi connectivity index (χ2n) is 7.92. The normalized spacial score (nSPS) is 10.7. The van der Waals surface area contributed by atoms with Gasteiger partial charge in [0, 0.05) is 23.1 Å². The second-order valence-corrected chi connectivity index (χ2v) is 9.74. The number of nitrogens with one attached hydrogen (secondary N) is 1. The lowest BCUT2D eigenvalue weighted by atomic mass is 10.0. The van der Waals surface area contributed by atoms with E-state index >= 15 is 0 Å². The van der Waals surface area contributed by atoms with Gasteiger partial charge in [-0.1, -0.05) is 23.9 Å². The Morgan fingerprint density at radius 1 is 0.974 bits per heavy atom. The molecule has 0 unspecified atom stereocenters. The van der Waals surface area contributed by atoms with Gasteiger partial charge in [0.05, 0.1) is 26.6 Å². The number of thiophene rings is 1. The zero-order valence-electron chi connectivity index (χ0n) is 21.5. The minimum Gasteiger partial charge on any atom is -0.497 e. The molecule has 9 nitrogen and oxygen atoms in total. The first-order chi connectivity index (χ1) is 18.5. The van der Waals surface area contributed by atoms with Crippen LogP contribution in [-0.4, -0.2) is 53.2 Å². The third-order valence-electron chi connectivity index (χ3n) is 5.62. The highest BCUT2D eigenvalue weighted by atomic mass is 32.2. The van der Waals surface area contributed by atoms with Crippen LogP contribution in [-0.2, 0) is 16.1 Å². The number of benzene rings is 2. The maximum Gasteiger partial charge on any atom is 0.341 e. The molecule has 2 aromatic heterocycles. The first-order valence-electron chi connectivity index (χ1n) is 11.9. The Labute approximate surface area is 229 Å². The average Bonchev–Trinajstić information content (AvgIpc) is 3.56. The van der Waals surface area contributed by atoms with Gasteiger partial charge in [-0.15, -0.1) is 21.5 Å². The van der Waals surface area contributed by atoms with Crippen LogP contribution in [0.3, 0.4) is 0 Å². The van der Waals surface area contributed by atoms with Gasteiger partial charge in [0.2, 0.25) is 5.91 Å². The van der Waals surface area contributed by atoms with Gasteiger partial charge in [-0.25, -0.2) is 4.79 Å². The molecule has 1 N–H and O–H groups in total. The van der Waals surface area contributed by atoms with Crippen LogP contribution in [0.25, 0.3) is 22.5 Å². The largest absolute Gasteiger partial charge is 0.497 e. The number of carbonyl (C=O) groups is 2. The van der Waals surface area contributed by atoms with Gasteiger partial charge in [0.25, 0.3) is 0 Å². The fourth-order valence-electron chi connectivity index (χ4n) is 3.79. The number of carbonyl (C=O) groups excluding carboxylic acids is 2. The van der Waals surface area contributed by atoms with Gasteiger partial charge >= 0.3 is 5.97 Å². The van der Waals surface area contributed by atoms with E-state index in [1.165, 1.54) is 30.2 Å². The molecule has 4 aromatic rings. The maximum atomic E-state index is 12.9. The summed E-state index contributed by atoms with van der Waals surface area (Å²) in [7, 11) is 2.91. The Hall–Kier alpha value is -3.83. The van der Waals surface area contributed by atoms with Crippen molar-refractivity contribution in [1.29, 1.82) is 0 Å². The van der Waals surface area contributed by atoms with Crippen LogP contribution in [0.2, 0.25) is 0 Å². The quantitative estimate of drug-likeness (QED) is 0.189. The highest BCUT2D eigenvalue weighted by Gasteiger charge is 2.23. The molecule has 0 bridgehead atoms. The summed E-state index contributed by atoms with van der Waals surface area (Å²) in [4.78, 5) is 25.5. The van der Waals surface area contributed by atoms with Crippen LogP contribution in [0.15, 0.2) is 59.1 Å². The van der Waals surface area contributed by atoms with Crippen molar-refractivity contribution in [2.24, 2.45) is 0 Å². The first kappa shape index (κ1) is 27.2. The minimum atomic E-state index is -0.522. The number of esters is 1. The summed E-state index contributed by atoms with van der Waals surface area (Å²) < 4.78 is 17.7. The standard InChI is InChI=1S/C27H28N4O5S2/c1-5-31-24(18-9-13-20(14-10-18)36-6-2)29-30-27(31)38-16-22(32)28-25-23(26(33)35-4)21(15-37-25)17-7-11-19(34-3)12-8-17/h7-15H,5-6,16H2,1-4H3,(H,28,32). The van der Waals surface area contributed by atoms with E-state index < -0.39 is 5.97 Å². The lowest BCUT2D eigenvalue weighted by molar-refractivity contribution is -0.113. The molecule has 0 saturated heterocycles. The van der Waals surface area contributed by atoms with Crippen molar-refractivity contribution in [3.63, 3.8) is 0 Å². The fraction of sp³-hybridized carbons (Fsp3) is 0.259. The van der Waals surface area contributed by atoms with E-state index in [4.69, 9.17) is 14.2 Å². The number of hydrogen-bond donors (Lipinski definition) is 1. The zero-order chi connectivity index (χ0) is 27.1. The molecule has 11 heteroatoms. The van der Waals surface area contributed by atoms with Gasteiger partial charge in [0.15, 0.2) is 11.0 Å². The molecule has 0 atom stereocenters. The van der Waals surface area contributed by atoms with Crippen molar-refractivity contribution in [2.45, 2.75) is 25.5 Å². The summed E-state index contributed by atoms with van der Waals surface area (Å²) in [6.45, 7) is 5.18. The number of nitrogens with zero attached hydrogens (tertiary/aromatic N) is 3. The van der Waals surface area contributed by atoms with E-state index in [1.54, 1.807) is 7.11 Å². The summed E-state index contributed by atoms with van der Waals surface area (Å²) in [5.74, 6) is 1.52. The number of rotatable bonds is 11. The highest BCUT2D eigenvalue weighted by molar-refractivity contribution is 7.99. The van der Waals surface area contributed by atoms with Crippen LogP contribution < -0.4 is 14.8 Å². The molecule has 2 heterocycles. The number of anilines is 1. The van der Waals surface area contributed by atoms with E-state index in [2.05, 4.69) is 15.5 Å². The Morgan fingerprint density at radius 2 is 1.66 bits per heavy atom. The maximum absolute atomic E-state index is 12.9. The molecule has 198 valence electrons. The van der Waals surface area contributed by atoms with Crippen molar-refractivity contribution >= 4 is 40.0 Å². The number of hydrogen-bond acceptors (Lipinski definition) is 9. The predicted octanol–water partition coefficient (Wildman–Crippen LogP) is 5.62. The van der Waals surface area contributed by atoms with E-state index in [0.717, 1.165) is 16.9 Å². The summed E-state index contributed by atoms with van der Waals surface area (Å²) in [5.41, 5.74) is 2.72. The Balaban J connectivity index is 1.48. The topological polar surface area (TPSA) is 105 Å². The van der Waals surface area contributed by atoms with Crippen molar-refractivity contribution < 1.29 is 23.8 Å². The fourth-order valence-corrected chi connectivity index (χ4v) is 5.57. The summed E-state index contributed by atoms with van der Waals surface area (Å²) in [6.07, 6.45) is 0. The molecule has 2 aromatic carbocycles. The molecule has 0 radical (unpaired) electrons. The molecule has 1 amide bonds. The molecule has 0 saturated carbocycles. The molecular formula is C27H28N4O5S2. The van der Waals surface area contributed by atoms with Crippen molar-refractivity contribution in [3.8, 4) is 34.0 Å². The lowest BCUT2D eigenvalue weighted by Crippen LogP contribution is -2.16. The third-order valence-corrected chi connectivity index (χ3v) is 7.49. The molecule has 0 aliphatic carbocycles. The summed E-state index contributed by atoms with van der Waals surface area (Å²) in [6, 6.07) is 15.0. The van der Waals surface area contributed by atoms with Gasteiger partial charge in [-0.3, -0.25) is 4.79 Å². The SMILES string of the molecule is CCOc1ccc(-c2nnc(SCC(=O)Nc3scc(-c4ccc(OC)cc4)c3C(=O)OC)n2CC)cc1. The van der Waals surface area contributed by atoms with Crippen molar-refractivity contribution in [1.82, 2.24) is 14.8 Å². The smallest absolute Gasteiger partial charge is 0.341 e. The van der Waals surface area contributed by atoms with E-state index in [0.29, 0.717) is 46.0 Å². The van der Waals surface area contributed by atoms with Crippen LogP contribution in [0.1, 0.15) is 24.2 Å². The van der Waals surface area contributed by atoms with E-state index in [9.17, 15) is 9.59 Å². The van der Waals surface area contributed by atoms with Gasteiger partial charge in [-0.05, 0) is 55.8 Å². The Bertz CT molecular complexity index is 1400. The van der Waals surface area contributed by atoms with Crippen LogP contribution in [0, 0.1) is 0 Å². The van der Waals surface area contributed by atoms with Gasteiger partial charge in [-0.2, -0.15) is 0 Å². The summed E-state index contributed by atoms with van der Waals surface area (Å²) >= 11 is 2.55. The van der Waals surface area contributed by atoms with Gasteiger partial charge < -0.3 is 24.1 Å². The predicted molar refractivity (Wildman–Crippen MR) is 149 cm³/mol. The molecule has 0 aliphatic heterocycles. The first-order valence-corrected chi connectivity index (χ1v) is 13.8. The zero-order valence-corrected chi connectivity index (χ0v) is 23.1. The average molecular weight is 553 g/mol. The molecule has 0 aliphatic rings. The number of aromatic nitrogens is 3. The lowest BCUT2D eigenvalue weighted by Gasteiger charge is -2.09. The molecule has 0 fully saturated rings. The number of amides is 1. The van der Waals surface area contributed by atoms with E-state index in [-0.39, 0.29) is 11.7 Å². The highest BCUT2D eigenvalue weighted by Crippen LogP contribution is 2.37. The monoisotopic (exact) mass is 552 g/mol. The van der Waals surface area contributed by atoms with Crippen molar-refractivity contribution in [3.05, 3.63) is 59.5 Å². The van der Waals surface area contributed by atoms with Crippen LogP contribution >= 0.6 is 23.1 Å². The van der Waals surface area contributed by atoms with Crippen molar-refractivity contribution in [2.75, 3.05) is 31.9 Å². The summed E-state index contributed by atoms with van der Waals surface area (Å²) in [5, 5.41) is 14.4. The Morgan fingerprint density at radius 3 is 2.29 bits per heavy atom. The third kappa shape index (κ3) is 6.00. The number of methoxy groups -OCH3 is 2. The Kier molecular flexibility index (Phi) is 9.03. The van der Waals surface area contributed by atoms with Crippen LogP contribution in [0.4, 0.5) is 5.00 Å². The minimum absolute atomic E-state index is 0.0950. The van der Waals surface area contributed by atoms with Gasteiger partial charge in [0.1, 0.15) is 22.1 Å². The molecule has 0 spiro atoms. The second kappa shape index (κ2) is 12.6. The molecular weight excluding hydrogens is 524 g/mol. The molecule has 4 rings (SSSR count). The van der Waals surface area contributed by atoms with E-state index in [1.807, 2.05) is 72.3 Å².